The van der Waals surface area contributed by atoms with E-state index >= 15 is 0 Å². The fourth-order valence-corrected chi connectivity index (χ4v) is 6.16. The van der Waals surface area contributed by atoms with Gasteiger partial charge in [0.05, 0.1) is 6.61 Å². The maximum absolute atomic E-state index is 14.1. The Bertz CT molecular complexity index is 827. The Labute approximate surface area is 199 Å². The van der Waals surface area contributed by atoms with Crippen LogP contribution >= 0.6 is 0 Å². The van der Waals surface area contributed by atoms with Crippen molar-refractivity contribution < 1.29 is 14.3 Å². The number of fused-ring (bicyclic) bond motifs is 2. The molecule has 3 heterocycles. The Morgan fingerprint density at radius 3 is 2.73 bits per heavy atom. The van der Waals surface area contributed by atoms with Crippen molar-refractivity contribution in [3.05, 3.63) is 35.4 Å². The van der Waals surface area contributed by atoms with Gasteiger partial charge in [-0.1, -0.05) is 44.9 Å². The molecule has 0 aliphatic carbocycles. The lowest BCUT2D eigenvalue weighted by Crippen LogP contribution is -2.56. The van der Waals surface area contributed by atoms with Crippen molar-refractivity contribution >= 4 is 11.8 Å². The topological polar surface area (TPSA) is 53.1 Å². The fourth-order valence-electron chi connectivity index (χ4n) is 6.16. The average molecular weight is 456 g/mol. The minimum absolute atomic E-state index is 0.00735. The number of hydrogen-bond donors (Lipinski definition) is 0. The summed E-state index contributed by atoms with van der Waals surface area (Å²) < 4.78 is 5.40. The predicted octanol–water partition coefficient (Wildman–Crippen LogP) is 3.80. The number of hydrogen-bond acceptors (Lipinski definition) is 4. The third-order valence-corrected chi connectivity index (χ3v) is 8.18. The van der Waals surface area contributed by atoms with Crippen molar-refractivity contribution in [1.29, 1.82) is 0 Å². The lowest BCUT2D eigenvalue weighted by atomic mass is 9.83. The number of nitrogens with zero attached hydrogens (tertiary/aromatic N) is 3. The Balaban J connectivity index is 1.56. The van der Waals surface area contributed by atoms with Crippen molar-refractivity contribution in [2.75, 3.05) is 39.9 Å². The molecule has 0 radical (unpaired) electrons. The molecule has 4 atom stereocenters. The zero-order valence-electron chi connectivity index (χ0n) is 20.7. The highest BCUT2D eigenvalue weighted by Gasteiger charge is 2.42. The Morgan fingerprint density at radius 1 is 1.18 bits per heavy atom. The third-order valence-electron chi connectivity index (χ3n) is 8.18. The number of amides is 2. The summed E-state index contributed by atoms with van der Waals surface area (Å²) in [6.45, 7) is 9.01. The van der Waals surface area contributed by atoms with Crippen LogP contribution in [0.1, 0.15) is 68.3 Å². The van der Waals surface area contributed by atoms with Gasteiger partial charge in [0.1, 0.15) is 6.04 Å². The van der Waals surface area contributed by atoms with Crippen LogP contribution in [-0.2, 0) is 16.1 Å². The van der Waals surface area contributed by atoms with Gasteiger partial charge in [-0.3, -0.25) is 9.59 Å². The lowest BCUT2D eigenvalue weighted by molar-refractivity contribution is -0.140. The molecule has 3 aliphatic heterocycles. The maximum Gasteiger partial charge on any atom is 0.255 e. The number of carbonyl (C=O) groups excluding carboxylic acids is 2. The van der Waals surface area contributed by atoms with Gasteiger partial charge in [-0.05, 0) is 62.2 Å². The highest BCUT2D eigenvalue weighted by atomic mass is 16.5. The minimum atomic E-state index is -0.433. The summed E-state index contributed by atoms with van der Waals surface area (Å²) in [5.41, 5.74) is 1.77. The van der Waals surface area contributed by atoms with Gasteiger partial charge in [0.2, 0.25) is 5.91 Å². The van der Waals surface area contributed by atoms with E-state index in [1.165, 1.54) is 45.2 Å². The molecule has 0 N–H and O–H groups in total. The maximum atomic E-state index is 14.1. The number of ether oxygens (including phenoxy) is 1. The fraction of sp³-hybridized carbons (Fsp3) is 0.704. The first kappa shape index (κ1) is 24.2. The first-order valence-electron chi connectivity index (χ1n) is 13.0. The molecule has 0 saturated carbocycles. The van der Waals surface area contributed by atoms with E-state index in [0.29, 0.717) is 31.7 Å². The first-order valence-corrected chi connectivity index (χ1v) is 13.0. The van der Waals surface area contributed by atoms with Gasteiger partial charge in [-0.2, -0.15) is 0 Å². The highest BCUT2D eigenvalue weighted by molar-refractivity contribution is 6.01. The van der Waals surface area contributed by atoms with Crippen LogP contribution in [0.15, 0.2) is 24.3 Å². The van der Waals surface area contributed by atoms with E-state index in [2.05, 4.69) is 18.7 Å². The van der Waals surface area contributed by atoms with Gasteiger partial charge in [0, 0.05) is 38.3 Å². The molecule has 0 spiro atoms. The molecule has 6 heteroatoms. The largest absolute Gasteiger partial charge is 0.383 e. The number of rotatable bonds is 9. The van der Waals surface area contributed by atoms with Crippen molar-refractivity contribution in [1.82, 2.24) is 14.7 Å². The summed E-state index contributed by atoms with van der Waals surface area (Å²) >= 11 is 0. The second-order valence-corrected chi connectivity index (χ2v) is 10.2. The quantitative estimate of drug-likeness (QED) is 0.568. The summed E-state index contributed by atoms with van der Waals surface area (Å²) in [5.74, 6) is 0.685. The van der Waals surface area contributed by atoms with E-state index in [1.807, 2.05) is 34.1 Å². The van der Waals surface area contributed by atoms with E-state index in [4.69, 9.17) is 4.74 Å². The first-order chi connectivity index (χ1) is 16.0. The van der Waals surface area contributed by atoms with Crippen LogP contribution in [0.25, 0.3) is 0 Å². The molecule has 4 rings (SSSR count). The van der Waals surface area contributed by atoms with Gasteiger partial charge in [-0.25, -0.2) is 0 Å². The summed E-state index contributed by atoms with van der Waals surface area (Å²) in [5, 5.41) is 0. The molecule has 2 amide bonds. The Hall–Kier alpha value is -1.92. The molecule has 0 aromatic heterocycles. The average Bonchev–Trinajstić information content (AvgIpc) is 3.17. The number of methoxy groups -OCH3 is 1. The van der Waals surface area contributed by atoms with Crippen molar-refractivity contribution in [2.45, 2.75) is 71.0 Å². The van der Waals surface area contributed by atoms with Crippen LogP contribution in [0.3, 0.4) is 0 Å². The van der Waals surface area contributed by atoms with Crippen LogP contribution in [0.5, 0.6) is 0 Å². The van der Waals surface area contributed by atoms with Gasteiger partial charge in [-0.15, -0.1) is 0 Å². The van der Waals surface area contributed by atoms with Gasteiger partial charge < -0.3 is 19.4 Å². The molecule has 2 saturated heterocycles. The van der Waals surface area contributed by atoms with Crippen LogP contribution in [-0.4, -0.2) is 78.5 Å². The lowest BCUT2D eigenvalue weighted by Gasteiger charge is -2.46. The molecule has 33 heavy (non-hydrogen) atoms. The van der Waals surface area contributed by atoms with E-state index in [9.17, 15) is 9.59 Å². The SMILES string of the molecule is CCC(C)C(C(=O)N(CCOC)CC1CCCN2CCCCC12)N1Cc2ccccc2C1=O. The smallest absolute Gasteiger partial charge is 0.255 e. The molecule has 1 aromatic rings. The monoisotopic (exact) mass is 455 g/mol. The summed E-state index contributed by atoms with van der Waals surface area (Å²) in [7, 11) is 1.69. The third kappa shape index (κ3) is 5.12. The highest BCUT2D eigenvalue weighted by Crippen LogP contribution is 2.33. The van der Waals surface area contributed by atoms with Gasteiger partial charge in [0.15, 0.2) is 0 Å². The van der Waals surface area contributed by atoms with Crippen LogP contribution in [0, 0.1) is 11.8 Å². The second-order valence-electron chi connectivity index (χ2n) is 10.2. The Morgan fingerprint density at radius 2 is 1.97 bits per heavy atom. The van der Waals surface area contributed by atoms with Crippen molar-refractivity contribution in [2.24, 2.45) is 11.8 Å². The molecule has 2 fully saturated rings. The van der Waals surface area contributed by atoms with E-state index in [1.54, 1.807) is 7.11 Å². The van der Waals surface area contributed by atoms with Crippen LogP contribution < -0.4 is 0 Å². The number of piperidine rings is 2. The van der Waals surface area contributed by atoms with E-state index < -0.39 is 6.04 Å². The van der Waals surface area contributed by atoms with Crippen molar-refractivity contribution in [3.8, 4) is 0 Å². The van der Waals surface area contributed by atoms with E-state index in [0.717, 1.165) is 24.1 Å². The summed E-state index contributed by atoms with van der Waals surface area (Å²) in [6.07, 6.45) is 7.07. The predicted molar refractivity (Wildman–Crippen MR) is 130 cm³/mol. The van der Waals surface area contributed by atoms with E-state index in [-0.39, 0.29) is 17.7 Å². The molecule has 1 aromatic carbocycles. The van der Waals surface area contributed by atoms with Gasteiger partial charge in [0.25, 0.3) is 5.91 Å². The second kappa shape index (κ2) is 11.0. The summed E-state index contributed by atoms with van der Waals surface area (Å²) in [4.78, 5) is 33.9. The van der Waals surface area contributed by atoms with Crippen molar-refractivity contribution in [3.63, 3.8) is 0 Å². The Kier molecular flexibility index (Phi) is 8.07. The molecular formula is C27H41N3O3. The zero-order valence-corrected chi connectivity index (χ0v) is 20.7. The van der Waals surface area contributed by atoms with Crippen LogP contribution in [0.2, 0.25) is 0 Å². The minimum Gasteiger partial charge on any atom is -0.383 e. The number of carbonyl (C=O) groups is 2. The molecule has 3 aliphatic rings. The molecule has 0 bridgehead atoms. The molecule has 6 nitrogen and oxygen atoms in total. The molecule has 182 valence electrons. The van der Waals surface area contributed by atoms with Gasteiger partial charge >= 0.3 is 0 Å². The number of benzene rings is 1. The molecule has 4 unspecified atom stereocenters. The summed E-state index contributed by atoms with van der Waals surface area (Å²) in [6, 6.07) is 7.93. The van der Waals surface area contributed by atoms with Crippen LogP contribution in [0.4, 0.5) is 0 Å². The zero-order chi connectivity index (χ0) is 23.4. The standard InChI is InChI=1S/C27H41N3O3/c1-4-20(2)25(30-19-21-10-5-6-12-23(21)26(30)31)27(32)29(16-17-33-3)18-22-11-9-15-28-14-8-7-13-24(22)28/h5-6,10,12,20,22,24-25H,4,7-9,11,13-19H2,1-3H3. The normalized spacial score (nSPS) is 24.8. The molecular weight excluding hydrogens is 414 g/mol.